The Balaban J connectivity index is 1.62. The molecule has 1 fully saturated rings. The highest BCUT2D eigenvalue weighted by atomic mass is 32.1. The second-order valence-corrected chi connectivity index (χ2v) is 5.13. The van der Waals surface area contributed by atoms with Gasteiger partial charge in [-0.15, -0.1) is 11.3 Å². The molecule has 1 atom stereocenters. The summed E-state index contributed by atoms with van der Waals surface area (Å²) in [6.07, 6.45) is 1.68. The van der Waals surface area contributed by atoms with Crippen molar-refractivity contribution in [3.05, 3.63) is 16.1 Å². The maximum absolute atomic E-state index is 11.5. The Morgan fingerprint density at radius 2 is 2.59 bits per heavy atom. The van der Waals surface area contributed by atoms with Gasteiger partial charge in [0.15, 0.2) is 0 Å². The summed E-state index contributed by atoms with van der Waals surface area (Å²) in [6, 6.07) is 0.0453. The third kappa shape index (κ3) is 3.98. The lowest BCUT2D eigenvalue weighted by Crippen LogP contribution is -2.42. The maximum Gasteiger partial charge on any atom is 0.315 e. The minimum absolute atomic E-state index is 0.118. The molecule has 1 aliphatic rings. The first-order chi connectivity index (χ1) is 8.24. The lowest BCUT2D eigenvalue weighted by molar-refractivity contribution is 0.188. The summed E-state index contributed by atoms with van der Waals surface area (Å²) in [7, 11) is 0. The molecule has 2 rings (SSSR count). The molecule has 0 radical (unpaired) electrons. The van der Waals surface area contributed by atoms with E-state index >= 15 is 0 Å². The third-order valence-electron chi connectivity index (χ3n) is 2.60. The summed E-state index contributed by atoms with van der Waals surface area (Å²) in [5.41, 5.74) is 1.04. The fourth-order valence-electron chi connectivity index (χ4n) is 1.71. The number of nitrogens with one attached hydrogen (secondary N) is 2. The van der Waals surface area contributed by atoms with Crippen molar-refractivity contribution >= 4 is 17.4 Å². The number of carbonyl (C=O) groups excluding carboxylic acids is 1. The molecular formula is C11H17N3O2S. The van der Waals surface area contributed by atoms with Gasteiger partial charge in [0.25, 0.3) is 0 Å². The van der Waals surface area contributed by atoms with Gasteiger partial charge in [-0.1, -0.05) is 0 Å². The predicted molar refractivity (Wildman–Crippen MR) is 66.3 cm³/mol. The Hall–Kier alpha value is -1.14. The molecule has 2 amide bonds. The van der Waals surface area contributed by atoms with E-state index in [9.17, 15) is 4.79 Å². The lowest BCUT2D eigenvalue weighted by Gasteiger charge is -2.11. The number of urea groups is 1. The zero-order valence-corrected chi connectivity index (χ0v) is 10.7. The van der Waals surface area contributed by atoms with Crippen molar-refractivity contribution in [3.63, 3.8) is 0 Å². The summed E-state index contributed by atoms with van der Waals surface area (Å²) in [6.45, 7) is 3.96. The number of nitrogens with zero attached hydrogens (tertiary/aromatic N) is 1. The highest BCUT2D eigenvalue weighted by Gasteiger charge is 2.17. The molecular weight excluding hydrogens is 238 g/mol. The number of aryl methyl sites for hydroxylation is 1. The molecule has 2 N–H and O–H groups in total. The first-order valence-electron chi connectivity index (χ1n) is 5.77. The van der Waals surface area contributed by atoms with Crippen LogP contribution >= 0.6 is 11.3 Å². The van der Waals surface area contributed by atoms with Crippen LogP contribution in [0.25, 0.3) is 0 Å². The molecule has 17 heavy (non-hydrogen) atoms. The monoisotopic (exact) mass is 255 g/mol. The lowest BCUT2D eigenvalue weighted by atomic mass is 10.3. The minimum atomic E-state index is -0.118. The Morgan fingerprint density at radius 1 is 1.71 bits per heavy atom. The molecule has 1 saturated heterocycles. The number of hydrogen-bond acceptors (Lipinski definition) is 4. The molecule has 2 heterocycles. The number of hydrogen-bond donors (Lipinski definition) is 2. The van der Waals surface area contributed by atoms with Gasteiger partial charge in [0.05, 0.1) is 23.4 Å². The Labute approximate surface area is 105 Å². The van der Waals surface area contributed by atoms with Gasteiger partial charge < -0.3 is 15.4 Å². The van der Waals surface area contributed by atoms with Crippen molar-refractivity contribution in [3.8, 4) is 0 Å². The fraction of sp³-hybridized carbons (Fsp3) is 0.636. The van der Waals surface area contributed by atoms with Crippen LogP contribution in [0, 0.1) is 6.92 Å². The van der Waals surface area contributed by atoms with Gasteiger partial charge in [-0.2, -0.15) is 0 Å². The van der Waals surface area contributed by atoms with E-state index in [2.05, 4.69) is 15.6 Å². The molecule has 0 bridgehead atoms. The van der Waals surface area contributed by atoms with Crippen LogP contribution in [0.5, 0.6) is 0 Å². The Kier molecular flexibility index (Phi) is 4.33. The SMILES string of the molecule is Cc1nc(CCNC(=O)NC2CCOC2)cs1. The second-order valence-electron chi connectivity index (χ2n) is 4.07. The Morgan fingerprint density at radius 3 is 3.24 bits per heavy atom. The van der Waals surface area contributed by atoms with Gasteiger partial charge in [-0.05, 0) is 13.3 Å². The molecule has 0 aliphatic carbocycles. The molecule has 94 valence electrons. The summed E-state index contributed by atoms with van der Waals surface area (Å²) < 4.78 is 5.18. The number of aromatic nitrogens is 1. The maximum atomic E-state index is 11.5. The minimum Gasteiger partial charge on any atom is -0.379 e. The quantitative estimate of drug-likeness (QED) is 0.846. The van der Waals surface area contributed by atoms with E-state index in [1.807, 2.05) is 12.3 Å². The number of amides is 2. The van der Waals surface area contributed by atoms with Crippen LogP contribution in [0.4, 0.5) is 4.79 Å². The largest absolute Gasteiger partial charge is 0.379 e. The molecule has 1 unspecified atom stereocenters. The zero-order chi connectivity index (χ0) is 12.1. The molecule has 1 aromatic heterocycles. The molecule has 1 aliphatic heterocycles. The van der Waals surface area contributed by atoms with E-state index in [0.717, 1.165) is 30.2 Å². The van der Waals surface area contributed by atoms with Crippen molar-refractivity contribution in [1.29, 1.82) is 0 Å². The Bertz CT molecular complexity index is 375. The van der Waals surface area contributed by atoms with Crippen LogP contribution < -0.4 is 10.6 Å². The van der Waals surface area contributed by atoms with E-state index in [1.165, 1.54) is 0 Å². The molecule has 1 aromatic rings. The molecule has 0 saturated carbocycles. The normalized spacial score (nSPS) is 19.2. The molecule has 0 aromatic carbocycles. The fourth-order valence-corrected chi connectivity index (χ4v) is 2.36. The third-order valence-corrected chi connectivity index (χ3v) is 3.42. The predicted octanol–water partition coefficient (Wildman–Crippen LogP) is 1.08. The van der Waals surface area contributed by atoms with E-state index in [-0.39, 0.29) is 12.1 Å². The molecule has 0 spiro atoms. The van der Waals surface area contributed by atoms with Crippen LogP contribution in [0.2, 0.25) is 0 Å². The molecule has 5 nitrogen and oxygen atoms in total. The number of ether oxygens (including phenoxy) is 1. The van der Waals surface area contributed by atoms with E-state index in [1.54, 1.807) is 11.3 Å². The van der Waals surface area contributed by atoms with Crippen LogP contribution in [0.15, 0.2) is 5.38 Å². The highest BCUT2D eigenvalue weighted by Crippen LogP contribution is 2.07. The second kappa shape index (κ2) is 5.97. The van der Waals surface area contributed by atoms with Crippen molar-refractivity contribution < 1.29 is 9.53 Å². The smallest absolute Gasteiger partial charge is 0.315 e. The van der Waals surface area contributed by atoms with E-state index in [4.69, 9.17) is 4.74 Å². The number of rotatable bonds is 4. The van der Waals surface area contributed by atoms with Gasteiger partial charge in [0, 0.05) is 25.0 Å². The van der Waals surface area contributed by atoms with Crippen LogP contribution in [0.1, 0.15) is 17.1 Å². The standard InChI is InChI=1S/C11H17N3O2S/c1-8-13-10(7-17-8)2-4-12-11(15)14-9-3-5-16-6-9/h7,9H,2-6H2,1H3,(H2,12,14,15). The van der Waals surface area contributed by atoms with Crippen LogP contribution in [-0.2, 0) is 11.2 Å². The van der Waals surface area contributed by atoms with Crippen molar-refractivity contribution in [1.82, 2.24) is 15.6 Å². The van der Waals surface area contributed by atoms with E-state index in [0.29, 0.717) is 13.2 Å². The average molecular weight is 255 g/mol. The first-order valence-corrected chi connectivity index (χ1v) is 6.65. The van der Waals surface area contributed by atoms with Gasteiger partial charge in [-0.3, -0.25) is 0 Å². The average Bonchev–Trinajstić information content (AvgIpc) is 2.90. The first kappa shape index (κ1) is 12.3. The van der Waals surface area contributed by atoms with Crippen LogP contribution in [0.3, 0.4) is 0 Å². The van der Waals surface area contributed by atoms with Crippen LogP contribution in [-0.4, -0.2) is 36.8 Å². The van der Waals surface area contributed by atoms with E-state index < -0.39 is 0 Å². The summed E-state index contributed by atoms with van der Waals surface area (Å²) in [5.74, 6) is 0. The molecule has 6 heteroatoms. The summed E-state index contributed by atoms with van der Waals surface area (Å²) >= 11 is 1.63. The van der Waals surface area contributed by atoms with Gasteiger partial charge >= 0.3 is 6.03 Å². The highest BCUT2D eigenvalue weighted by molar-refractivity contribution is 7.09. The summed E-state index contributed by atoms with van der Waals surface area (Å²) in [5, 5.41) is 8.79. The van der Waals surface area contributed by atoms with Crippen molar-refractivity contribution in [2.45, 2.75) is 25.8 Å². The van der Waals surface area contributed by atoms with Crippen molar-refractivity contribution in [2.75, 3.05) is 19.8 Å². The van der Waals surface area contributed by atoms with Gasteiger partial charge in [-0.25, -0.2) is 9.78 Å². The number of carbonyl (C=O) groups is 1. The summed E-state index contributed by atoms with van der Waals surface area (Å²) in [4.78, 5) is 15.8. The topological polar surface area (TPSA) is 63.2 Å². The zero-order valence-electron chi connectivity index (χ0n) is 9.86. The van der Waals surface area contributed by atoms with Crippen molar-refractivity contribution in [2.24, 2.45) is 0 Å². The van der Waals surface area contributed by atoms with Gasteiger partial charge in [0.2, 0.25) is 0 Å². The van der Waals surface area contributed by atoms with Gasteiger partial charge in [0.1, 0.15) is 0 Å². The number of thiazole rings is 1.